The van der Waals surface area contributed by atoms with Crippen LogP contribution in [0.1, 0.15) is 6.42 Å². The monoisotopic (exact) mass is 329 g/mol. The molecule has 0 aliphatic carbocycles. The molecule has 1 aliphatic rings. The number of benzene rings is 1. The number of carbonyl (C=O) groups excluding carboxylic acids is 1. The minimum Gasteiger partial charge on any atom is -0.493 e. The van der Waals surface area contributed by atoms with Gasteiger partial charge in [-0.25, -0.2) is 8.42 Å². The van der Waals surface area contributed by atoms with Crippen molar-refractivity contribution in [1.29, 1.82) is 0 Å². The minimum atomic E-state index is -3.10. The van der Waals surface area contributed by atoms with Crippen molar-refractivity contribution in [1.82, 2.24) is 0 Å². The van der Waals surface area contributed by atoms with Crippen molar-refractivity contribution < 1.29 is 27.4 Å². The fourth-order valence-electron chi connectivity index (χ4n) is 2.40. The number of hydrogen-bond donors (Lipinski definition) is 1. The molecule has 1 fully saturated rings. The lowest BCUT2D eigenvalue weighted by molar-refractivity contribution is -0.119. The van der Waals surface area contributed by atoms with E-state index < -0.39 is 15.8 Å². The van der Waals surface area contributed by atoms with Crippen molar-refractivity contribution in [3.63, 3.8) is 0 Å². The Bertz CT molecular complexity index is 645. The highest BCUT2D eigenvalue weighted by molar-refractivity contribution is 7.91. The molecule has 1 unspecified atom stereocenters. The Morgan fingerprint density at radius 3 is 2.14 bits per heavy atom. The van der Waals surface area contributed by atoms with E-state index in [0.717, 1.165) is 0 Å². The van der Waals surface area contributed by atoms with E-state index in [2.05, 4.69) is 5.32 Å². The number of rotatable bonds is 5. The zero-order valence-electron chi connectivity index (χ0n) is 12.7. The van der Waals surface area contributed by atoms with Gasteiger partial charge in [0, 0.05) is 17.8 Å². The number of nitrogens with one attached hydrogen (secondary N) is 1. The number of methoxy groups -OCH3 is 3. The number of sulfone groups is 1. The maximum absolute atomic E-state index is 12.2. The molecule has 1 atom stereocenters. The Balaban J connectivity index is 2.21. The molecule has 1 saturated heterocycles. The van der Waals surface area contributed by atoms with Gasteiger partial charge in [0.05, 0.1) is 38.8 Å². The van der Waals surface area contributed by atoms with Crippen LogP contribution >= 0.6 is 0 Å². The Kier molecular flexibility index (Phi) is 4.80. The summed E-state index contributed by atoms with van der Waals surface area (Å²) in [5.41, 5.74) is 0.462. The van der Waals surface area contributed by atoms with E-state index in [0.29, 0.717) is 29.4 Å². The van der Waals surface area contributed by atoms with E-state index in [-0.39, 0.29) is 17.4 Å². The number of anilines is 1. The van der Waals surface area contributed by atoms with Crippen LogP contribution in [-0.4, -0.2) is 47.2 Å². The smallest absolute Gasteiger partial charge is 0.228 e. The zero-order valence-corrected chi connectivity index (χ0v) is 13.5. The Hall–Kier alpha value is -1.96. The Morgan fingerprint density at radius 1 is 1.14 bits per heavy atom. The van der Waals surface area contributed by atoms with Crippen LogP contribution in [0.3, 0.4) is 0 Å². The van der Waals surface area contributed by atoms with E-state index in [9.17, 15) is 13.2 Å². The van der Waals surface area contributed by atoms with Gasteiger partial charge in [-0.15, -0.1) is 0 Å². The first kappa shape index (κ1) is 16.4. The van der Waals surface area contributed by atoms with E-state index in [1.165, 1.54) is 21.3 Å². The molecule has 1 heterocycles. The Labute approximate surface area is 129 Å². The summed E-state index contributed by atoms with van der Waals surface area (Å²) in [7, 11) is 1.35. The van der Waals surface area contributed by atoms with Crippen LogP contribution in [0.5, 0.6) is 17.2 Å². The highest BCUT2D eigenvalue weighted by Gasteiger charge is 2.33. The lowest BCUT2D eigenvalue weighted by Crippen LogP contribution is -2.23. The normalized spacial score (nSPS) is 19.5. The van der Waals surface area contributed by atoms with E-state index in [1.54, 1.807) is 12.1 Å². The largest absolute Gasteiger partial charge is 0.493 e. The minimum absolute atomic E-state index is 0.0559. The molecule has 1 N–H and O–H groups in total. The molecule has 7 nitrogen and oxygen atoms in total. The molecule has 0 radical (unpaired) electrons. The third-order valence-corrected chi connectivity index (χ3v) is 5.30. The summed E-state index contributed by atoms with van der Waals surface area (Å²) in [4.78, 5) is 12.2. The number of carbonyl (C=O) groups is 1. The quantitative estimate of drug-likeness (QED) is 0.869. The first-order valence-electron chi connectivity index (χ1n) is 6.71. The number of hydrogen-bond acceptors (Lipinski definition) is 6. The van der Waals surface area contributed by atoms with Crippen molar-refractivity contribution in [2.24, 2.45) is 5.92 Å². The average molecular weight is 329 g/mol. The fourth-order valence-corrected chi connectivity index (χ4v) is 4.14. The molecule has 0 spiro atoms. The zero-order chi connectivity index (χ0) is 16.3. The third kappa shape index (κ3) is 3.44. The molecule has 1 aromatic rings. The highest BCUT2D eigenvalue weighted by Crippen LogP contribution is 2.40. The molecule has 0 saturated carbocycles. The van der Waals surface area contributed by atoms with Gasteiger partial charge in [0.1, 0.15) is 0 Å². The second-order valence-corrected chi connectivity index (χ2v) is 7.23. The van der Waals surface area contributed by atoms with Gasteiger partial charge < -0.3 is 19.5 Å². The Morgan fingerprint density at radius 2 is 1.73 bits per heavy atom. The van der Waals surface area contributed by atoms with Gasteiger partial charge in [-0.3, -0.25) is 4.79 Å². The maximum atomic E-state index is 12.2. The lowest BCUT2D eigenvalue weighted by atomic mass is 10.1. The molecule has 8 heteroatoms. The van der Waals surface area contributed by atoms with Crippen molar-refractivity contribution in [3.8, 4) is 17.2 Å². The second-order valence-electron chi connectivity index (χ2n) is 5.00. The first-order chi connectivity index (χ1) is 10.4. The SMILES string of the molecule is COc1cc(NC(=O)C2CCS(=O)(=O)C2)cc(OC)c1OC. The molecular weight excluding hydrogens is 310 g/mol. The van der Waals surface area contributed by atoms with E-state index in [1.807, 2.05) is 0 Å². The van der Waals surface area contributed by atoms with Gasteiger partial charge in [-0.05, 0) is 6.42 Å². The summed E-state index contributed by atoms with van der Waals surface area (Å²) in [6, 6.07) is 3.20. The van der Waals surface area contributed by atoms with Crippen LogP contribution in [-0.2, 0) is 14.6 Å². The summed E-state index contributed by atoms with van der Waals surface area (Å²) in [6.07, 6.45) is 0.346. The second kappa shape index (κ2) is 6.43. The molecule has 1 aromatic carbocycles. The number of amides is 1. The highest BCUT2D eigenvalue weighted by atomic mass is 32.2. The average Bonchev–Trinajstić information content (AvgIpc) is 2.86. The summed E-state index contributed by atoms with van der Waals surface area (Å²) in [5.74, 6) is 0.349. The molecule has 1 aliphatic heterocycles. The van der Waals surface area contributed by atoms with Gasteiger partial charge in [0.25, 0.3) is 0 Å². The first-order valence-corrected chi connectivity index (χ1v) is 8.53. The predicted molar refractivity (Wildman–Crippen MR) is 81.5 cm³/mol. The molecule has 1 amide bonds. The maximum Gasteiger partial charge on any atom is 0.228 e. The van der Waals surface area contributed by atoms with Gasteiger partial charge >= 0.3 is 0 Å². The molecular formula is C14H19NO6S. The molecule has 0 aromatic heterocycles. The van der Waals surface area contributed by atoms with Gasteiger partial charge in [-0.1, -0.05) is 0 Å². The van der Waals surface area contributed by atoms with Crippen LogP contribution in [0.25, 0.3) is 0 Å². The van der Waals surface area contributed by atoms with Gasteiger partial charge in [0.2, 0.25) is 11.7 Å². The van der Waals surface area contributed by atoms with Gasteiger partial charge in [0.15, 0.2) is 21.3 Å². The molecule has 2 rings (SSSR count). The van der Waals surface area contributed by atoms with Crippen molar-refractivity contribution in [2.75, 3.05) is 38.2 Å². The number of ether oxygens (including phenoxy) is 3. The summed E-state index contributed by atoms with van der Waals surface area (Å²) < 4.78 is 38.5. The molecule has 122 valence electrons. The van der Waals surface area contributed by atoms with E-state index >= 15 is 0 Å². The fraction of sp³-hybridized carbons (Fsp3) is 0.500. The van der Waals surface area contributed by atoms with Crippen molar-refractivity contribution >= 4 is 21.4 Å². The van der Waals surface area contributed by atoms with Crippen molar-refractivity contribution in [2.45, 2.75) is 6.42 Å². The lowest BCUT2D eigenvalue weighted by Gasteiger charge is -2.15. The van der Waals surface area contributed by atoms with Crippen LogP contribution in [0.4, 0.5) is 5.69 Å². The summed E-state index contributed by atoms with van der Waals surface area (Å²) in [6.45, 7) is 0. The van der Waals surface area contributed by atoms with Crippen LogP contribution in [0, 0.1) is 5.92 Å². The van der Waals surface area contributed by atoms with Crippen LogP contribution < -0.4 is 19.5 Å². The third-order valence-electron chi connectivity index (χ3n) is 3.54. The van der Waals surface area contributed by atoms with Crippen LogP contribution in [0.2, 0.25) is 0 Å². The molecule has 22 heavy (non-hydrogen) atoms. The van der Waals surface area contributed by atoms with E-state index in [4.69, 9.17) is 14.2 Å². The topological polar surface area (TPSA) is 90.9 Å². The molecule has 0 bridgehead atoms. The summed E-state index contributed by atoms with van der Waals surface area (Å²) >= 11 is 0. The van der Waals surface area contributed by atoms with Crippen LogP contribution in [0.15, 0.2) is 12.1 Å². The predicted octanol–water partition coefficient (Wildman–Crippen LogP) is 1.09. The van der Waals surface area contributed by atoms with Gasteiger partial charge in [-0.2, -0.15) is 0 Å². The summed E-state index contributed by atoms with van der Waals surface area (Å²) in [5, 5.41) is 2.70. The standard InChI is InChI=1S/C14H19NO6S/c1-19-11-6-10(7-12(20-2)13(11)21-3)15-14(16)9-4-5-22(17,18)8-9/h6-7,9H,4-5,8H2,1-3H3,(H,15,16). The van der Waals surface area contributed by atoms with Crippen molar-refractivity contribution in [3.05, 3.63) is 12.1 Å².